The average molecular weight is 308 g/mol. The van der Waals surface area contributed by atoms with Crippen molar-refractivity contribution in [3.63, 3.8) is 0 Å². The molecular formula is C16H19ClFN3. The Morgan fingerprint density at radius 1 is 1.43 bits per heavy atom. The molecule has 112 valence electrons. The monoisotopic (exact) mass is 307 g/mol. The highest BCUT2D eigenvalue weighted by Crippen LogP contribution is 2.43. The Bertz CT molecular complexity index is 674. The predicted molar refractivity (Wildman–Crippen MR) is 83.9 cm³/mol. The van der Waals surface area contributed by atoms with E-state index in [-0.39, 0.29) is 5.82 Å². The summed E-state index contributed by atoms with van der Waals surface area (Å²) < 4.78 is 16.1. The number of imidazole rings is 1. The quantitative estimate of drug-likeness (QED) is 0.906. The molecule has 2 aromatic rings. The van der Waals surface area contributed by atoms with Crippen molar-refractivity contribution in [2.75, 3.05) is 5.73 Å². The number of hydrogen-bond acceptors (Lipinski definition) is 2. The van der Waals surface area contributed by atoms with Crippen molar-refractivity contribution in [2.45, 2.75) is 39.2 Å². The number of nitrogen functional groups attached to an aromatic ring is 1. The molecule has 2 N–H and O–H groups in total. The Morgan fingerprint density at radius 3 is 2.76 bits per heavy atom. The van der Waals surface area contributed by atoms with E-state index in [9.17, 15) is 4.39 Å². The van der Waals surface area contributed by atoms with Gasteiger partial charge in [-0.3, -0.25) is 0 Å². The van der Waals surface area contributed by atoms with Gasteiger partial charge in [0.05, 0.1) is 0 Å². The van der Waals surface area contributed by atoms with Gasteiger partial charge in [-0.25, -0.2) is 9.37 Å². The minimum absolute atomic E-state index is 0.345. The third kappa shape index (κ3) is 2.77. The normalized spacial score (nSPS) is 14.9. The molecule has 3 rings (SSSR count). The highest BCUT2D eigenvalue weighted by Gasteiger charge is 2.31. The molecule has 0 bridgehead atoms. The van der Waals surface area contributed by atoms with Crippen LogP contribution >= 0.6 is 11.6 Å². The maximum absolute atomic E-state index is 14.1. The van der Waals surface area contributed by atoms with Crippen LogP contribution < -0.4 is 5.73 Å². The summed E-state index contributed by atoms with van der Waals surface area (Å²) in [5.74, 6) is 2.09. The second kappa shape index (κ2) is 5.34. The molecule has 0 aliphatic heterocycles. The van der Waals surface area contributed by atoms with Crippen LogP contribution in [0.3, 0.4) is 0 Å². The zero-order valence-corrected chi connectivity index (χ0v) is 13.0. The number of hydrogen-bond donors (Lipinski definition) is 1. The summed E-state index contributed by atoms with van der Waals surface area (Å²) in [6.45, 7) is 5.07. The number of anilines is 1. The van der Waals surface area contributed by atoms with Gasteiger partial charge in [0, 0.05) is 23.0 Å². The van der Waals surface area contributed by atoms with Crippen molar-refractivity contribution < 1.29 is 4.39 Å². The highest BCUT2D eigenvalue weighted by atomic mass is 35.5. The molecule has 0 amide bonds. The summed E-state index contributed by atoms with van der Waals surface area (Å²) >= 11 is 5.98. The van der Waals surface area contributed by atoms with E-state index in [4.69, 9.17) is 17.3 Å². The summed E-state index contributed by atoms with van der Waals surface area (Å²) in [6.07, 6.45) is 2.26. The van der Waals surface area contributed by atoms with Crippen molar-refractivity contribution in [3.05, 3.63) is 34.9 Å². The maximum Gasteiger partial charge on any atom is 0.132 e. The number of halogens is 2. The first-order valence-corrected chi connectivity index (χ1v) is 7.66. The Labute approximate surface area is 128 Å². The molecule has 1 fully saturated rings. The summed E-state index contributed by atoms with van der Waals surface area (Å²) in [6, 6.07) is 4.48. The van der Waals surface area contributed by atoms with Gasteiger partial charge in [-0.1, -0.05) is 25.4 Å². The summed E-state index contributed by atoms with van der Waals surface area (Å²) in [5.41, 5.74) is 7.15. The number of nitrogens with two attached hydrogens (primary N) is 1. The van der Waals surface area contributed by atoms with E-state index in [2.05, 4.69) is 18.8 Å². The average Bonchev–Trinajstić information content (AvgIpc) is 3.21. The Kier molecular flexibility index (Phi) is 3.66. The molecule has 1 saturated carbocycles. The lowest BCUT2D eigenvalue weighted by atomic mass is 10.1. The standard InChI is InChI=1S/C16H19ClFN3/c1-9(2)8-21-15(19)14(20-16(21)10-3-4-10)12-7-11(17)5-6-13(12)18/h5-7,9-10H,3-4,8,19H2,1-2H3. The van der Waals surface area contributed by atoms with Gasteiger partial charge in [0.15, 0.2) is 0 Å². The lowest BCUT2D eigenvalue weighted by Gasteiger charge is -2.12. The molecule has 1 aromatic carbocycles. The van der Waals surface area contributed by atoms with E-state index in [1.165, 1.54) is 12.1 Å². The third-order valence-electron chi connectivity index (χ3n) is 3.71. The summed E-state index contributed by atoms with van der Waals surface area (Å²) in [4.78, 5) is 4.64. The van der Waals surface area contributed by atoms with Crippen LogP contribution in [0, 0.1) is 11.7 Å². The zero-order valence-electron chi connectivity index (χ0n) is 12.2. The van der Waals surface area contributed by atoms with Gasteiger partial charge in [0.1, 0.15) is 23.2 Å². The molecule has 1 heterocycles. The minimum Gasteiger partial charge on any atom is -0.383 e. The van der Waals surface area contributed by atoms with Crippen LogP contribution in [0.5, 0.6) is 0 Å². The topological polar surface area (TPSA) is 43.8 Å². The zero-order chi connectivity index (χ0) is 15.1. The summed E-state index contributed by atoms with van der Waals surface area (Å²) in [7, 11) is 0. The fraction of sp³-hybridized carbons (Fsp3) is 0.438. The second-order valence-corrected chi connectivity index (χ2v) is 6.54. The third-order valence-corrected chi connectivity index (χ3v) is 3.95. The van der Waals surface area contributed by atoms with Gasteiger partial charge in [0.25, 0.3) is 0 Å². The van der Waals surface area contributed by atoms with E-state index in [1.54, 1.807) is 6.07 Å². The van der Waals surface area contributed by atoms with Gasteiger partial charge < -0.3 is 10.3 Å². The van der Waals surface area contributed by atoms with Crippen LogP contribution in [0.2, 0.25) is 5.02 Å². The van der Waals surface area contributed by atoms with Crippen LogP contribution in [0.15, 0.2) is 18.2 Å². The minimum atomic E-state index is -0.345. The molecule has 21 heavy (non-hydrogen) atoms. The lowest BCUT2D eigenvalue weighted by Crippen LogP contribution is -2.11. The van der Waals surface area contributed by atoms with Crippen LogP contribution in [-0.2, 0) is 6.54 Å². The number of nitrogens with zero attached hydrogens (tertiary/aromatic N) is 2. The summed E-state index contributed by atoms with van der Waals surface area (Å²) in [5, 5.41) is 0.484. The van der Waals surface area contributed by atoms with Gasteiger partial charge in [0.2, 0.25) is 0 Å². The molecule has 0 unspecified atom stereocenters. The first-order valence-electron chi connectivity index (χ1n) is 7.28. The fourth-order valence-corrected chi connectivity index (χ4v) is 2.74. The lowest BCUT2D eigenvalue weighted by molar-refractivity contribution is 0.512. The largest absolute Gasteiger partial charge is 0.383 e. The fourth-order valence-electron chi connectivity index (χ4n) is 2.57. The van der Waals surface area contributed by atoms with Crippen molar-refractivity contribution in [1.29, 1.82) is 0 Å². The number of aromatic nitrogens is 2. The molecule has 1 aromatic heterocycles. The number of rotatable bonds is 4. The highest BCUT2D eigenvalue weighted by molar-refractivity contribution is 6.30. The molecule has 0 spiro atoms. The van der Waals surface area contributed by atoms with Crippen LogP contribution in [-0.4, -0.2) is 9.55 Å². The van der Waals surface area contributed by atoms with Gasteiger partial charge >= 0.3 is 0 Å². The van der Waals surface area contributed by atoms with Crippen LogP contribution in [0.1, 0.15) is 38.4 Å². The molecule has 1 aliphatic rings. The van der Waals surface area contributed by atoms with Crippen LogP contribution in [0.25, 0.3) is 11.3 Å². The smallest absolute Gasteiger partial charge is 0.132 e. The Hall–Kier alpha value is -1.55. The van der Waals surface area contributed by atoms with E-state index in [0.29, 0.717) is 33.9 Å². The van der Waals surface area contributed by atoms with E-state index >= 15 is 0 Å². The van der Waals surface area contributed by atoms with Gasteiger partial charge in [-0.15, -0.1) is 0 Å². The van der Waals surface area contributed by atoms with E-state index in [0.717, 1.165) is 25.2 Å². The first kappa shape index (κ1) is 14.4. The molecule has 5 heteroatoms. The predicted octanol–water partition coefficient (Wildman–Crippen LogP) is 4.46. The Morgan fingerprint density at radius 2 is 2.14 bits per heavy atom. The SMILES string of the molecule is CC(C)Cn1c(C2CC2)nc(-c2cc(Cl)ccc2F)c1N. The van der Waals surface area contributed by atoms with E-state index < -0.39 is 0 Å². The molecule has 0 radical (unpaired) electrons. The molecular weight excluding hydrogens is 289 g/mol. The van der Waals surface area contributed by atoms with E-state index in [1.807, 2.05) is 4.57 Å². The van der Waals surface area contributed by atoms with Crippen molar-refractivity contribution in [2.24, 2.45) is 5.92 Å². The Balaban J connectivity index is 2.12. The second-order valence-electron chi connectivity index (χ2n) is 6.11. The molecule has 1 aliphatic carbocycles. The van der Waals surface area contributed by atoms with Gasteiger partial charge in [-0.2, -0.15) is 0 Å². The van der Waals surface area contributed by atoms with Crippen molar-refractivity contribution in [3.8, 4) is 11.3 Å². The molecule has 3 nitrogen and oxygen atoms in total. The van der Waals surface area contributed by atoms with Crippen LogP contribution in [0.4, 0.5) is 10.2 Å². The van der Waals surface area contributed by atoms with Crippen molar-refractivity contribution >= 4 is 17.4 Å². The molecule has 0 saturated heterocycles. The first-order chi connectivity index (χ1) is 9.97. The van der Waals surface area contributed by atoms with Gasteiger partial charge in [-0.05, 0) is 37.0 Å². The maximum atomic E-state index is 14.1. The van der Waals surface area contributed by atoms with Crippen molar-refractivity contribution in [1.82, 2.24) is 9.55 Å². The molecule has 0 atom stereocenters. The number of benzene rings is 1.